The summed E-state index contributed by atoms with van der Waals surface area (Å²) in [4.78, 5) is 7.17. The summed E-state index contributed by atoms with van der Waals surface area (Å²) in [5, 5.41) is 2.98. The molecule has 6 nitrogen and oxygen atoms in total. The largest absolute Gasteiger partial charge is 0.431 e. The molecule has 1 aliphatic rings. The Morgan fingerprint density at radius 3 is 2.80 bits per heavy atom. The van der Waals surface area contributed by atoms with Crippen LogP contribution >= 0.6 is 0 Å². The summed E-state index contributed by atoms with van der Waals surface area (Å²) in [6.45, 7) is 4.05. The lowest BCUT2D eigenvalue weighted by Crippen LogP contribution is -2.38. The predicted molar refractivity (Wildman–Crippen MR) is 54.1 cm³/mol. The molecule has 3 unspecified atom stereocenters. The van der Waals surface area contributed by atoms with Gasteiger partial charge in [0.05, 0.1) is 6.10 Å². The molecule has 0 aromatic rings. The van der Waals surface area contributed by atoms with Crippen molar-refractivity contribution in [2.24, 2.45) is 10.7 Å². The van der Waals surface area contributed by atoms with Gasteiger partial charge in [-0.15, -0.1) is 0 Å². The van der Waals surface area contributed by atoms with E-state index in [9.17, 15) is 0 Å². The first kappa shape index (κ1) is 12.2. The Labute approximate surface area is 89.9 Å². The molecule has 0 aliphatic carbocycles. The van der Waals surface area contributed by atoms with Gasteiger partial charge in [-0.3, -0.25) is 0 Å². The highest BCUT2D eigenvalue weighted by molar-refractivity contribution is 6.11. The van der Waals surface area contributed by atoms with E-state index in [1.807, 2.05) is 13.8 Å². The molecule has 1 heterocycles. The van der Waals surface area contributed by atoms with Crippen molar-refractivity contribution in [1.82, 2.24) is 0 Å². The normalized spacial score (nSPS) is 33.4. The van der Waals surface area contributed by atoms with Gasteiger partial charge < -0.3 is 14.3 Å². The van der Waals surface area contributed by atoms with E-state index >= 15 is 0 Å². The van der Waals surface area contributed by atoms with E-state index in [0.717, 1.165) is 0 Å². The van der Waals surface area contributed by atoms with E-state index in [-0.39, 0.29) is 24.2 Å². The molecule has 2 radical (unpaired) electrons. The third-order valence-corrected chi connectivity index (χ3v) is 2.71. The van der Waals surface area contributed by atoms with Crippen LogP contribution in [0.25, 0.3) is 10.4 Å². The van der Waals surface area contributed by atoms with Gasteiger partial charge in [-0.25, -0.2) is 0 Å². The summed E-state index contributed by atoms with van der Waals surface area (Å²) < 4.78 is 10.8. The van der Waals surface area contributed by atoms with E-state index in [1.54, 1.807) is 7.11 Å². The van der Waals surface area contributed by atoms with Gasteiger partial charge in [0.2, 0.25) is 0 Å². The maximum atomic E-state index is 8.05. The van der Waals surface area contributed by atoms with Crippen molar-refractivity contribution < 1.29 is 14.3 Å². The minimum absolute atomic E-state index is 0.139. The van der Waals surface area contributed by atoms with E-state index in [0.29, 0.717) is 0 Å². The van der Waals surface area contributed by atoms with Crippen molar-refractivity contribution in [3.8, 4) is 0 Å². The number of nitrogens with zero attached hydrogens (tertiary/aromatic N) is 3. The number of rotatable bonds is 4. The Hall–Kier alpha value is -0.905. The van der Waals surface area contributed by atoms with Crippen LogP contribution in [0, 0.1) is 5.41 Å². The zero-order chi connectivity index (χ0) is 11.5. The van der Waals surface area contributed by atoms with Gasteiger partial charge in [-0.2, -0.15) is 0 Å². The molecule has 3 atom stereocenters. The first-order chi connectivity index (χ1) is 7.04. The van der Waals surface area contributed by atoms with Crippen molar-refractivity contribution in [1.29, 1.82) is 0 Å². The molecular weight excluding hydrogens is 197 g/mol. The van der Waals surface area contributed by atoms with Crippen molar-refractivity contribution in [3.63, 3.8) is 0 Å². The molecule has 1 saturated heterocycles. The Morgan fingerprint density at radius 1 is 1.60 bits per heavy atom. The van der Waals surface area contributed by atoms with Gasteiger partial charge in [0.1, 0.15) is 25.8 Å². The van der Waals surface area contributed by atoms with Gasteiger partial charge in [0.25, 0.3) is 0 Å². The van der Waals surface area contributed by atoms with Crippen LogP contribution in [0.5, 0.6) is 0 Å². The zero-order valence-corrected chi connectivity index (χ0v) is 9.08. The fourth-order valence-electron chi connectivity index (χ4n) is 1.79. The van der Waals surface area contributed by atoms with Crippen molar-refractivity contribution in [3.05, 3.63) is 10.4 Å². The van der Waals surface area contributed by atoms with Gasteiger partial charge in [-0.05, 0) is 5.53 Å². The smallest absolute Gasteiger partial charge is 0.126 e. The highest BCUT2D eigenvalue weighted by atomic mass is 16.7. The molecule has 0 bridgehead atoms. The van der Waals surface area contributed by atoms with Crippen molar-refractivity contribution in [2.75, 3.05) is 13.7 Å². The minimum atomic E-state index is -0.415. The molecule has 0 aromatic heterocycles. The van der Waals surface area contributed by atoms with Crippen molar-refractivity contribution in [2.45, 2.75) is 32.1 Å². The number of azide groups is 1. The molecule has 0 spiro atoms. The standard InChI is InChI=1S/C8H14BN3O3/c1-8(2)6(13-3)5(15-7(8)9)4-14-12-11-10/h5-7H,4H2,1-3H3. The van der Waals surface area contributed by atoms with E-state index in [1.165, 1.54) is 0 Å². The van der Waals surface area contributed by atoms with Crippen LogP contribution in [0.4, 0.5) is 0 Å². The SMILES string of the molecule is [B]C1OC(CON=[N+]=[N-])C(OC)C1(C)C. The molecule has 15 heavy (non-hydrogen) atoms. The quantitative estimate of drug-likeness (QED) is 0.230. The summed E-state index contributed by atoms with van der Waals surface area (Å²) in [5.41, 5.74) is 7.76. The molecule has 82 valence electrons. The second-order valence-corrected chi connectivity index (χ2v) is 4.04. The average Bonchev–Trinajstić information content (AvgIpc) is 2.38. The summed E-state index contributed by atoms with van der Waals surface area (Å²) in [5.74, 6) is 0. The van der Waals surface area contributed by atoms with Gasteiger partial charge in [0.15, 0.2) is 0 Å². The zero-order valence-electron chi connectivity index (χ0n) is 9.08. The van der Waals surface area contributed by atoms with Crippen LogP contribution in [0.1, 0.15) is 13.8 Å². The number of ether oxygens (including phenoxy) is 2. The lowest BCUT2D eigenvalue weighted by molar-refractivity contribution is -0.0485. The molecule has 0 aromatic carbocycles. The molecule has 1 aliphatic heterocycles. The topological polar surface area (TPSA) is 76.5 Å². The molecule has 0 saturated carbocycles. The molecule has 7 heteroatoms. The Morgan fingerprint density at radius 2 is 2.27 bits per heavy atom. The number of hydrogen-bond donors (Lipinski definition) is 0. The number of hydrogen-bond acceptors (Lipinski definition) is 4. The van der Waals surface area contributed by atoms with Crippen LogP contribution in [0.3, 0.4) is 0 Å². The van der Waals surface area contributed by atoms with Gasteiger partial charge in [-0.1, -0.05) is 13.8 Å². The van der Waals surface area contributed by atoms with Crippen LogP contribution in [-0.4, -0.2) is 39.8 Å². The average molecular weight is 211 g/mol. The third-order valence-electron chi connectivity index (χ3n) is 2.71. The molecule has 1 rings (SSSR count). The predicted octanol–water partition coefficient (Wildman–Crippen LogP) is 1.16. The maximum Gasteiger partial charge on any atom is 0.126 e. The second kappa shape index (κ2) is 4.74. The third kappa shape index (κ3) is 2.37. The summed E-state index contributed by atoms with van der Waals surface area (Å²) in [7, 11) is 7.40. The Balaban J connectivity index is 2.62. The maximum absolute atomic E-state index is 8.05. The highest BCUT2D eigenvalue weighted by Gasteiger charge is 2.48. The van der Waals surface area contributed by atoms with Crippen LogP contribution in [0.15, 0.2) is 5.28 Å². The van der Waals surface area contributed by atoms with E-state index < -0.39 is 6.00 Å². The van der Waals surface area contributed by atoms with Crippen LogP contribution < -0.4 is 0 Å². The molecular formula is C8H14BN3O3. The summed E-state index contributed by atoms with van der Waals surface area (Å²) in [6, 6.07) is -0.415. The lowest BCUT2D eigenvalue weighted by Gasteiger charge is -2.28. The molecule has 0 N–H and O–H groups in total. The lowest BCUT2D eigenvalue weighted by atomic mass is 9.73. The minimum Gasteiger partial charge on any atom is -0.431 e. The molecule has 0 amide bonds. The fourth-order valence-corrected chi connectivity index (χ4v) is 1.79. The van der Waals surface area contributed by atoms with Gasteiger partial charge in [0, 0.05) is 23.4 Å². The first-order valence-corrected chi connectivity index (χ1v) is 4.64. The molecule has 1 fully saturated rings. The number of methoxy groups -OCH3 is 1. The fraction of sp³-hybridized carbons (Fsp3) is 1.00. The van der Waals surface area contributed by atoms with Crippen LogP contribution in [-0.2, 0) is 14.3 Å². The van der Waals surface area contributed by atoms with Gasteiger partial charge >= 0.3 is 0 Å². The summed E-state index contributed by atoms with van der Waals surface area (Å²) in [6.07, 6.45) is -0.494. The second-order valence-electron chi connectivity index (χ2n) is 4.04. The monoisotopic (exact) mass is 211 g/mol. The first-order valence-electron chi connectivity index (χ1n) is 4.64. The highest BCUT2D eigenvalue weighted by Crippen LogP contribution is 2.38. The van der Waals surface area contributed by atoms with E-state index in [2.05, 4.69) is 15.0 Å². The van der Waals surface area contributed by atoms with Crippen molar-refractivity contribution >= 4 is 7.85 Å². The Kier molecular flexibility index (Phi) is 3.85. The van der Waals surface area contributed by atoms with E-state index in [4.69, 9.17) is 22.9 Å². The van der Waals surface area contributed by atoms with Crippen LogP contribution in [0.2, 0.25) is 0 Å². The Bertz CT molecular complexity index is 268. The summed E-state index contributed by atoms with van der Waals surface area (Å²) >= 11 is 0.